The van der Waals surface area contributed by atoms with Gasteiger partial charge in [-0.25, -0.2) is 0 Å². The van der Waals surface area contributed by atoms with Gasteiger partial charge in [0.2, 0.25) is 0 Å². The van der Waals surface area contributed by atoms with E-state index in [1.54, 1.807) is 18.2 Å². The van der Waals surface area contributed by atoms with E-state index >= 15 is 0 Å². The van der Waals surface area contributed by atoms with Crippen LogP contribution in [0.15, 0.2) is 42.5 Å². The summed E-state index contributed by atoms with van der Waals surface area (Å²) >= 11 is 11.8. The largest absolute Gasteiger partial charge is 0.494 e. The van der Waals surface area contributed by atoms with Gasteiger partial charge in [-0.15, -0.1) is 0 Å². The first-order valence-corrected chi connectivity index (χ1v) is 8.85. The number of unbranched alkanes of at least 4 members (excludes halogenated alkanes) is 3. The summed E-state index contributed by atoms with van der Waals surface area (Å²) in [5.74, 6) is 0.570. The second kappa shape index (κ2) is 9.55. The van der Waals surface area contributed by atoms with Gasteiger partial charge in [0.05, 0.1) is 16.7 Å². The Kier molecular flexibility index (Phi) is 7.41. The molecule has 3 nitrogen and oxygen atoms in total. The number of hydrogen-bond acceptors (Lipinski definition) is 2. The smallest absolute Gasteiger partial charge is 0.255 e. The number of nitrogens with one attached hydrogen (secondary N) is 1. The average molecular weight is 366 g/mol. The van der Waals surface area contributed by atoms with Gasteiger partial charge in [0.15, 0.2) is 0 Å². The van der Waals surface area contributed by atoms with E-state index in [4.69, 9.17) is 27.9 Å². The molecule has 0 saturated carbocycles. The van der Waals surface area contributed by atoms with Crippen molar-refractivity contribution >= 4 is 34.8 Å². The molecule has 0 unspecified atom stereocenters. The lowest BCUT2D eigenvalue weighted by molar-refractivity contribution is 0.102. The Labute approximate surface area is 152 Å². The summed E-state index contributed by atoms with van der Waals surface area (Å²) in [5, 5.41) is 3.60. The van der Waals surface area contributed by atoms with Gasteiger partial charge in [-0.05, 0) is 48.9 Å². The van der Waals surface area contributed by atoms with Gasteiger partial charge < -0.3 is 10.1 Å². The first kappa shape index (κ1) is 18.6. The molecular weight excluding hydrogens is 345 g/mol. The number of halogens is 2. The van der Waals surface area contributed by atoms with Gasteiger partial charge in [0.25, 0.3) is 5.91 Å². The second-order valence-electron chi connectivity index (χ2n) is 5.52. The number of hydrogen-bond donors (Lipinski definition) is 1. The quantitative estimate of drug-likeness (QED) is 0.565. The van der Waals surface area contributed by atoms with Crippen molar-refractivity contribution in [2.75, 3.05) is 11.9 Å². The van der Waals surface area contributed by atoms with E-state index in [-0.39, 0.29) is 5.91 Å². The standard InChI is InChI=1S/C19H21Cl2NO2/c1-2-3-4-5-12-24-16-9-7-15(8-10-16)22-19(23)14-6-11-17(20)18(21)13-14/h6-11,13H,2-5,12H2,1H3,(H,22,23). The Bertz CT molecular complexity index is 672. The van der Waals surface area contributed by atoms with Crippen LogP contribution in [0.5, 0.6) is 5.75 Å². The molecule has 0 heterocycles. The lowest BCUT2D eigenvalue weighted by Crippen LogP contribution is -2.11. The predicted octanol–water partition coefficient (Wildman–Crippen LogP) is 6.20. The van der Waals surface area contributed by atoms with E-state index in [0.29, 0.717) is 21.3 Å². The third-order valence-corrected chi connectivity index (χ3v) is 4.30. The van der Waals surface area contributed by atoms with Gasteiger partial charge in [0, 0.05) is 11.3 Å². The number of anilines is 1. The van der Waals surface area contributed by atoms with Gasteiger partial charge in [-0.1, -0.05) is 49.4 Å². The number of carbonyl (C=O) groups is 1. The number of rotatable bonds is 8. The summed E-state index contributed by atoms with van der Waals surface area (Å²) in [6.07, 6.45) is 4.70. The predicted molar refractivity (Wildman–Crippen MR) is 100 cm³/mol. The molecule has 0 fully saturated rings. The number of amides is 1. The molecule has 5 heteroatoms. The third-order valence-electron chi connectivity index (χ3n) is 3.56. The molecule has 24 heavy (non-hydrogen) atoms. The van der Waals surface area contributed by atoms with Crippen LogP contribution in [0.3, 0.4) is 0 Å². The highest BCUT2D eigenvalue weighted by Crippen LogP contribution is 2.23. The Morgan fingerprint density at radius 2 is 1.75 bits per heavy atom. The van der Waals surface area contributed by atoms with Gasteiger partial charge >= 0.3 is 0 Å². The van der Waals surface area contributed by atoms with Gasteiger partial charge in [0.1, 0.15) is 5.75 Å². The molecule has 0 aromatic heterocycles. The van der Waals surface area contributed by atoms with E-state index in [1.807, 2.05) is 24.3 Å². The minimum absolute atomic E-state index is 0.234. The fraction of sp³-hybridized carbons (Fsp3) is 0.316. The second-order valence-corrected chi connectivity index (χ2v) is 6.33. The zero-order chi connectivity index (χ0) is 17.4. The molecular formula is C19H21Cl2NO2. The molecule has 1 amide bonds. The van der Waals surface area contributed by atoms with Crippen molar-refractivity contribution < 1.29 is 9.53 Å². The number of carbonyl (C=O) groups excluding carboxylic acids is 1. The average Bonchev–Trinajstić information content (AvgIpc) is 2.58. The number of ether oxygens (including phenoxy) is 1. The van der Waals surface area contributed by atoms with E-state index in [1.165, 1.54) is 19.3 Å². The van der Waals surface area contributed by atoms with E-state index in [2.05, 4.69) is 12.2 Å². The minimum Gasteiger partial charge on any atom is -0.494 e. The van der Waals surface area contributed by atoms with Crippen LogP contribution >= 0.6 is 23.2 Å². The number of benzene rings is 2. The van der Waals surface area contributed by atoms with Crippen molar-refractivity contribution in [2.45, 2.75) is 32.6 Å². The molecule has 0 aliphatic rings. The van der Waals surface area contributed by atoms with Crippen LogP contribution in [-0.2, 0) is 0 Å². The molecule has 2 aromatic rings. The van der Waals surface area contributed by atoms with Crippen molar-refractivity contribution in [1.82, 2.24) is 0 Å². The molecule has 0 aliphatic heterocycles. The van der Waals surface area contributed by atoms with Crippen molar-refractivity contribution in [2.24, 2.45) is 0 Å². The lowest BCUT2D eigenvalue weighted by Gasteiger charge is -2.09. The summed E-state index contributed by atoms with van der Waals surface area (Å²) in [6.45, 7) is 2.90. The summed E-state index contributed by atoms with van der Waals surface area (Å²) < 4.78 is 5.68. The molecule has 0 aliphatic carbocycles. The molecule has 0 spiro atoms. The molecule has 2 rings (SSSR count). The summed E-state index contributed by atoms with van der Waals surface area (Å²) in [5.41, 5.74) is 1.16. The Balaban J connectivity index is 1.86. The van der Waals surface area contributed by atoms with E-state index < -0.39 is 0 Å². The molecule has 1 N–H and O–H groups in total. The van der Waals surface area contributed by atoms with Crippen LogP contribution < -0.4 is 10.1 Å². The monoisotopic (exact) mass is 365 g/mol. The highest BCUT2D eigenvalue weighted by Gasteiger charge is 2.08. The summed E-state index contributed by atoms with van der Waals surface area (Å²) in [6, 6.07) is 12.1. The molecule has 128 valence electrons. The van der Waals surface area contributed by atoms with E-state index in [9.17, 15) is 4.79 Å². The topological polar surface area (TPSA) is 38.3 Å². The molecule has 0 atom stereocenters. The Morgan fingerprint density at radius 1 is 1.00 bits per heavy atom. The molecule has 0 saturated heterocycles. The van der Waals surface area contributed by atoms with Crippen LogP contribution in [0.25, 0.3) is 0 Å². The summed E-state index contributed by atoms with van der Waals surface area (Å²) in [7, 11) is 0. The first-order chi connectivity index (χ1) is 11.6. The fourth-order valence-corrected chi connectivity index (χ4v) is 2.49. The zero-order valence-corrected chi connectivity index (χ0v) is 15.2. The van der Waals surface area contributed by atoms with Crippen LogP contribution in [0, 0.1) is 0 Å². The van der Waals surface area contributed by atoms with Crippen molar-refractivity contribution in [3.63, 3.8) is 0 Å². The normalized spacial score (nSPS) is 10.5. The minimum atomic E-state index is -0.234. The maximum atomic E-state index is 12.2. The first-order valence-electron chi connectivity index (χ1n) is 8.09. The van der Waals surface area contributed by atoms with Crippen molar-refractivity contribution in [3.05, 3.63) is 58.1 Å². The van der Waals surface area contributed by atoms with Crippen LogP contribution in [0.2, 0.25) is 10.0 Å². The maximum absolute atomic E-state index is 12.2. The van der Waals surface area contributed by atoms with Crippen LogP contribution in [0.1, 0.15) is 43.0 Å². The van der Waals surface area contributed by atoms with Crippen LogP contribution in [0.4, 0.5) is 5.69 Å². The van der Waals surface area contributed by atoms with Crippen LogP contribution in [-0.4, -0.2) is 12.5 Å². The molecule has 0 radical (unpaired) electrons. The highest BCUT2D eigenvalue weighted by atomic mass is 35.5. The maximum Gasteiger partial charge on any atom is 0.255 e. The van der Waals surface area contributed by atoms with Gasteiger partial charge in [-0.2, -0.15) is 0 Å². The van der Waals surface area contributed by atoms with E-state index in [0.717, 1.165) is 18.8 Å². The Morgan fingerprint density at radius 3 is 2.42 bits per heavy atom. The molecule has 0 bridgehead atoms. The Hall–Kier alpha value is -1.71. The fourth-order valence-electron chi connectivity index (χ4n) is 2.19. The zero-order valence-electron chi connectivity index (χ0n) is 13.6. The van der Waals surface area contributed by atoms with Crippen molar-refractivity contribution in [1.29, 1.82) is 0 Å². The van der Waals surface area contributed by atoms with Gasteiger partial charge in [-0.3, -0.25) is 4.79 Å². The third kappa shape index (κ3) is 5.73. The lowest BCUT2D eigenvalue weighted by atomic mass is 10.2. The highest BCUT2D eigenvalue weighted by molar-refractivity contribution is 6.42. The SMILES string of the molecule is CCCCCCOc1ccc(NC(=O)c2ccc(Cl)c(Cl)c2)cc1. The molecule has 2 aromatic carbocycles. The summed E-state index contributed by atoms with van der Waals surface area (Å²) in [4.78, 5) is 12.2. The van der Waals surface area contributed by atoms with Crippen molar-refractivity contribution in [3.8, 4) is 5.75 Å².